The standard InChI is InChI=1S/C15H21NO6/c1-2-10(17)16-3-11(18)22-15-7-12(19)4-13(20,8-15)6-14(21,5-12)9-15/h2,19-21H,1,3-9H2,(H,16,17). The molecule has 22 heavy (non-hydrogen) atoms. The fourth-order valence-electron chi connectivity index (χ4n) is 5.00. The van der Waals surface area contributed by atoms with E-state index in [1.807, 2.05) is 0 Å². The van der Waals surface area contributed by atoms with Crippen molar-refractivity contribution in [2.24, 2.45) is 0 Å². The van der Waals surface area contributed by atoms with Crippen LogP contribution in [-0.4, -0.2) is 56.1 Å². The third-order valence-corrected chi connectivity index (χ3v) is 4.85. The van der Waals surface area contributed by atoms with E-state index in [-0.39, 0.29) is 45.1 Å². The average Bonchev–Trinajstić information content (AvgIpc) is 2.29. The van der Waals surface area contributed by atoms with Gasteiger partial charge in [-0.3, -0.25) is 9.59 Å². The Kier molecular flexibility index (Phi) is 3.18. The van der Waals surface area contributed by atoms with Crippen LogP contribution in [0.1, 0.15) is 38.5 Å². The Morgan fingerprint density at radius 1 is 1.00 bits per heavy atom. The van der Waals surface area contributed by atoms with Gasteiger partial charge in [0.05, 0.1) is 16.8 Å². The van der Waals surface area contributed by atoms with Crippen molar-refractivity contribution >= 4 is 11.9 Å². The SMILES string of the molecule is C=CC(=O)NCC(=O)OC12CC3(O)CC(O)(CC(O)(C3)C1)C2. The topological polar surface area (TPSA) is 116 Å². The molecule has 4 rings (SSSR count). The summed E-state index contributed by atoms with van der Waals surface area (Å²) in [7, 11) is 0. The second-order valence-electron chi connectivity index (χ2n) is 7.31. The minimum Gasteiger partial charge on any atom is -0.457 e. The zero-order valence-corrected chi connectivity index (χ0v) is 12.3. The highest BCUT2D eigenvalue weighted by molar-refractivity contribution is 5.89. The molecule has 0 aliphatic heterocycles. The van der Waals surface area contributed by atoms with Gasteiger partial charge in [0.1, 0.15) is 12.1 Å². The molecular weight excluding hydrogens is 290 g/mol. The lowest BCUT2D eigenvalue weighted by Crippen LogP contribution is -2.72. The number of aliphatic hydroxyl groups is 3. The Morgan fingerprint density at radius 2 is 1.45 bits per heavy atom. The van der Waals surface area contributed by atoms with Crippen molar-refractivity contribution in [3.05, 3.63) is 12.7 Å². The summed E-state index contributed by atoms with van der Waals surface area (Å²) >= 11 is 0. The van der Waals surface area contributed by atoms with Crippen molar-refractivity contribution in [3.63, 3.8) is 0 Å². The lowest BCUT2D eigenvalue weighted by Gasteiger charge is -2.64. The first-order chi connectivity index (χ1) is 10.1. The van der Waals surface area contributed by atoms with Gasteiger partial charge < -0.3 is 25.4 Å². The van der Waals surface area contributed by atoms with Gasteiger partial charge in [0.2, 0.25) is 5.91 Å². The number of carbonyl (C=O) groups is 2. The van der Waals surface area contributed by atoms with Crippen LogP contribution in [0.15, 0.2) is 12.7 Å². The summed E-state index contributed by atoms with van der Waals surface area (Å²) in [6, 6.07) is 0. The molecule has 4 fully saturated rings. The fraction of sp³-hybridized carbons (Fsp3) is 0.733. The van der Waals surface area contributed by atoms with Gasteiger partial charge in [0, 0.05) is 38.5 Å². The van der Waals surface area contributed by atoms with Gasteiger partial charge in [-0.2, -0.15) is 0 Å². The fourth-order valence-corrected chi connectivity index (χ4v) is 5.00. The smallest absolute Gasteiger partial charge is 0.325 e. The molecule has 7 heteroatoms. The molecule has 0 heterocycles. The third kappa shape index (κ3) is 2.64. The number of nitrogens with one attached hydrogen (secondary N) is 1. The molecule has 0 aromatic rings. The molecule has 4 bridgehead atoms. The largest absolute Gasteiger partial charge is 0.457 e. The molecule has 7 nitrogen and oxygen atoms in total. The van der Waals surface area contributed by atoms with Gasteiger partial charge in [0.15, 0.2) is 0 Å². The van der Waals surface area contributed by atoms with Gasteiger partial charge in [-0.25, -0.2) is 0 Å². The highest BCUT2D eigenvalue weighted by Crippen LogP contribution is 2.61. The maximum absolute atomic E-state index is 11.9. The van der Waals surface area contributed by atoms with Gasteiger partial charge in [-0.1, -0.05) is 6.58 Å². The molecule has 122 valence electrons. The first-order valence-electron chi connectivity index (χ1n) is 7.38. The maximum atomic E-state index is 11.9. The predicted molar refractivity (Wildman–Crippen MR) is 74.6 cm³/mol. The van der Waals surface area contributed by atoms with Crippen LogP contribution in [0.3, 0.4) is 0 Å². The molecule has 0 aromatic carbocycles. The van der Waals surface area contributed by atoms with E-state index in [9.17, 15) is 24.9 Å². The summed E-state index contributed by atoms with van der Waals surface area (Å²) < 4.78 is 5.47. The third-order valence-electron chi connectivity index (χ3n) is 4.85. The van der Waals surface area contributed by atoms with E-state index in [2.05, 4.69) is 11.9 Å². The Morgan fingerprint density at radius 3 is 1.86 bits per heavy atom. The molecule has 0 aromatic heterocycles. The number of rotatable bonds is 4. The summed E-state index contributed by atoms with van der Waals surface area (Å²) in [4.78, 5) is 23.0. The van der Waals surface area contributed by atoms with Crippen LogP contribution in [0.25, 0.3) is 0 Å². The number of ether oxygens (including phenoxy) is 1. The second-order valence-corrected chi connectivity index (χ2v) is 7.31. The van der Waals surface area contributed by atoms with Crippen molar-refractivity contribution in [3.8, 4) is 0 Å². The van der Waals surface area contributed by atoms with Crippen molar-refractivity contribution in [1.82, 2.24) is 5.32 Å². The van der Waals surface area contributed by atoms with Crippen molar-refractivity contribution in [1.29, 1.82) is 0 Å². The number of hydrogen-bond acceptors (Lipinski definition) is 6. The molecule has 4 aliphatic rings. The molecule has 4 saturated carbocycles. The Labute approximate surface area is 128 Å². The minimum absolute atomic E-state index is 0.189. The van der Waals surface area contributed by atoms with Crippen LogP contribution in [0.2, 0.25) is 0 Å². The van der Waals surface area contributed by atoms with Crippen molar-refractivity contribution in [2.45, 2.75) is 60.9 Å². The number of amides is 1. The van der Waals surface area contributed by atoms with Crippen LogP contribution >= 0.6 is 0 Å². The highest BCUT2D eigenvalue weighted by atomic mass is 16.6. The Balaban J connectivity index is 1.74. The summed E-state index contributed by atoms with van der Waals surface area (Å²) in [6.45, 7) is 2.97. The van der Waals surface area contributed by atoms with E-state index in [1.54, 1.807) is 0 Å². The van der Waals surface area contributed by atoms with Gasteiger partial charge in [0.25, 0.3) is 0 Å². The molecule has 4 aliphatic carbocycles. The minimum atomic E-state index is -1.22. The summed E-state index contributed by atoms with van der Waals surface area (Å²) in [5, 5.41) is 34.0. The Hall–Kier alpha value is -1.44. The monoisotopic (exact) mass is 311 g/mol. The van der Waals surface area contributed by atoms with Crippen molar-refractivity contribution < 1.29 is 29.6 Å². The highest BCUT2D eigenvalue weighted by Gasteiger charge is 2.69. The molecule has 0 spiro atoms. The number of esters is 1. The lowest BCUT2D eigenvalue weighted by atomic mass is 9.48. The molecular formula is C15H21NO6. The van der Waals surface area contributed by atoms with Crippen LogP contribution in [0.5, 0.6) is 0 Å². The zero-order chi connectivity index (χ0) is 16.2. The zero-order valence-electron chi connectivity index (χ0n) is 12.3. The maximum Gasteiger partial charge on any atom is 0.325 e. The first kappa shape index (κ1) is 15.5. The van der Waals surface area contributed by atoms with Gasteiger partial charge in [-0.15, -0.1) is 0 Å². The summed E-state index contributed by atoms with van der Waals surface area (Å²) in [6.07, 6.45) is 2.22. The van der Waals surface area contributed by atoms with Gasteiger partial charge >= 0.3 is 5.97 Å². The molecule has 1 amide bonds. The van der Waals surface area contributed by atoms with E-state index in [0.29, 0.717) is 0 Å². The number of hydrogen-bond donors (Lipinski definition) is 4. The quantitative estimate of drug-likeness (QED) is 0.397. The van der Waals surface area contributed by atoms with E-state index >= 15 is 0 Å². The molecule has 4 N–H and O–H groups in total. The van der Waals surface area contributed by atoms with Crippen LogP contribution in [0, 0.1) is 0 Å². The lowest BCUT2D eigenvalue weighted by molar-refractivity contribution is -0.300. The molecule has 0 radical (unpaired) electrons. The van der Waals surface area contributed by atoms with Gasteiger partial charge in [-0.05, 0) is 6.08 Å². The van der Waals surface area contributed by atoms with Crippen LogP contribution in [-0.2, 0) is 14.3 Å². The van der Waals surface area contributed by atoms with E-state index in [1.165, 1.54) is 0 Å². The average molecular weight is 311 g/mol. The molecule has 0 atom stereocenters. The molecule has 0 unspecified atom stereocenters. The normalized spacial score (nSPS) is 45.4. The predicted octanol–water partition coefficient (Wildman–Crippen LogP) is -0.855. The van der Waals surface area contributed by atoms with E-state index in [0.717, 1.165) is 6.08 Å². The van der Waals surface area contributed by atoms with Crippen LogP contribution in [0.4, 0.5) is 0 Å². The summed E-state index contributed by atoms with van der Waals surface area (Å²) in [5.41, 5.74) is -4.74. The second kappa shape index (κ2) is 4.53. The van der Waals surface area contributed by atoms with E-state index in [4.69, 9.17) is 4.74 Å². The first-order valence-corrected chi connectivity index (χ1v) is 7.38. The van der Waals surface area contributed by atoms with Crippen molar-refractivity contribution in [2.75, 3.05) is 6.54 Å². The van der Waals surface area contributed by atoms with Crippen LogP contribution < -0.4 is 5.32 Å². The number of carbonyl (C=O) groups excluding carboxylic acids is 2. The Bertz CT molecular complexity index is 491. The van der Waals surface area contributed by atoms with E-state index < -0.39 is 34.3 Å². The molecule has 0 saturated heterocycles. The summed E-state index contributed by atoms with van der Waals surface area (Å²) in [5.74, 6) is -1.15.